The zero-order valence-corrected chi connectivity index (χ0v) is 27.6. The van der Waals surface area contributed by atoms with Gasteiger partial charge in [0.15, 0.2) is 6.29 Å². The third-order valence-electron chi connectivity index (χ3n) is 7.63. The fourth-order valence-corrected chi connectivity index (χ4v) is 5.42. The van der Waals surface area contributed by atoms with Crippen molar-refractivity contribution in [3.63, 3.8) is 0 Å². The van der Waals surface area contributed by atoms with Crippen molar-refractivity contribution >= 4 is 16.3 Å². The van der Waals surface area contributed by atoms with E-state index in [4.69, 9.17) is 14.0 Å². The average molecular weight is 668 g/mol. The highest BCUT2D eigenvalue weighted by atomic mass is 32.3. The highest BCUT2D eigenvalue weighted by Gasteiger charge is 2.48. The Morgan fingerprint density at radius 1 is 0.911 bits per heavy atom. The molecule has 1 saturated heterocycles. The first kappa shape index (κ1) is 41.6. The van der Waals surface area contributed by atoms with E-state index in [1.807, 2.05) is 19.1 Å². The Bertz CT molecular complexity index is 947. The van der Waals surface area contributed by atoms with E-state index in [-0.39, 0.29) is 6.42 Å². The standard InChI is InChI=1S/C31H57NO12S/c1-3-5-7-9-10-11-12-13-14-15-16-18-20-25(35)30(38)32-23(24(34)19-17-8-6-4-2)22-42-31-28(37)29(44-45(39,40)41)27(36)26(21-33)43-31/h13-14,16,18,23-29,31,33-37H,3-12,15,17,19-22H2,1-2H3,(H,32,38)(H,39,40,41)/b14-13-,18-16-. The quantitative estimate of drug-likeness (QED) is 0.0425. The van der Waals surface area contributed by atoms with Crippen molar-refractivity contribution in [2.24, 2.45) is 0 Å². The van der Waals surface area contributed by atoms with Crippen LogP contribution in [0.25, 0.3) is 0 Å². The van der Waals surface area contributed by atoms with Crippen LogP contribution in [0.4, 0.5) is 0 Å². The minimum Gasteiger partial charge on any atom is -0.394 e. The highest BCUT2D eigenvalue weighted by molar-refractivity contribution is 7.80. The van der Waals surface area contributed by atoms with E-state index in [1.165, 1.54) is 32.1 Å². The summed E-state index contributed by atoms with van der Waals surface area (Å²) in [6.45, 7) is 3.00. The molecule has 0 bridgehead atoms. The number of rotatable bonds is 25. The number of amides is 1. The number of unbranched alkanes of at least 4 members (excludes halogenated alkanes) is 9. The molecule has 14 heteroatoms. The van der Waals surface area contributed by atoms with E-state index >= 15 is 0 Å². The van der Waals surface area contributed by atoms with Crippen molar-refractivity contribution in [1.82, 2.24) is 5.32 Å². The fourth-order valence-electron chi connectivity index (χ4n) is 4.92. The molecule has 0 spiro atoms. The maximum Gasteiger partial charge on any atom is 0.397 e. The van der Waals surface area contributed by atoms with Gasteiger partial charge in [-0.1, -0.05) is 95.9 Å². The molecule has 1 rings (SSSR count). The first-order valence-electron chi connectivity index (χ1n) is 16.3. The number of hydrogen-bond donors (Lipinski definition) is 7. The van der Waals surface area contributed by atoms with Crippen LogP contribution < -0.4 is 5.32 Å². The van der Waals surface area contributed by atoms with Gasteiger partial charge in [0.25, 0.3) is 0 Å². The van der Waals surface area contributed by atoms with E-state index in [1.54, 1.807) is 6.08 Å². The molecule has 0 radical (unpaired) electrons. The van der Waals surface area contributed by atoms with Gasteiger partial charge in [0, 0.05) is 6.42 Å². The Kier molecular flexibility index (Phi) is 22.0. The van der Waals surface area contributed by atoms with Crippen LogP contribution in [0.2, 0.25) is 0 Å². The molecule has 0 aromatic rings. The largest absolute Gasteiger partial charge is 0.397 e. The third-order valence-corrected chi connectivity index (χ3v) is 8.10. The summed E-state index contributed by atoms with van der Waals surface area (Å²) in [5.41, 5.74) is 0. The second-order valence-electron chi connectivity index (χ2n) is 11.5. The lowest BCUT2D eigenvalue weighted by atomic mass is 9.99. The van der Waals surface area contributed by atoms with Crippen molar-refractivity contribution in [1.29, 1.82) is 0 Å². The summed E-state index contributed by atoms with van der Waals surface area (Å²) in [6, 6.07) is -1.06. The zero-order valence-electron chi connectivity index (χ0n) is 26.8. The van der Waals surface area contributed by atoms with E-state index < -0.39 is 78.5 Å². The van der Waals surface area contributed by atoms with Crippen LogP contribution in [0.5, 0.6) is 0 Å². The normalized spacial score (nSPS) is 24.7. The van der Waals surface area contributed by atoms with Crippen molar-refractivity contribution in [2.75, 3.05) is 13.2 Å². The number of carbonyl (C=O) groups excluding carboxylic acids is 1. The molecule has 1 heterocycles. The smallest absolute Gasteiger partial charge is 0.394 e. The van der Waals surface area contributed by atoms with Crippen molar-refractivity contribution in [2.45, 2.75) is 153 Å². The second-order valence-corrected chi connectivity index (χ2v) is 12.6. The topological polar surface area (TPSA) is 212 Å². The van der Waals surface area contributed by atoms with Crippen LogP contribution in [-0.4, -0.2) is 107 Å². The highest BCUT2D eigenvalue weighted by Crippen LogP contribution is 2.26. The van der Waals surface area contributed by atoms with E-state index in [9.17, 15) is 38.7 Å². The van der Waals surface area contributed by atoms with Crippen molar-refractivity contribution < 1.29 is 57.0 Å². The maximum absolute atomic E-state index is 12.8. The van der Waals surface area contributed by atoms with Crippen LogP contribution in [0.1, 0.15) is 104 Å². The molecule has 1 amide bonds. The number of hydrogen-bond acceptors (Lipinski definition) is 11. The maximum atomic E-state index is 12.8. The van der Waals surface area contributed by atoms with Crippen molar-refractivity contribution in [3.05, 3.63) is 24.3 Å². The van der Waals surface area contributed by atoms with Gasteiger partial charge in [-0.15, -0.1) is 0 Å². The van der Waals surface area contributed by atoms with Crippen LogP contribution in [0.3, 0.4) is 0 Å². The molecule has 0 aliphatic carbocycles. The summed E-state index contributed by atoms with van der Waals surface area (Å²) in [6.07, 6.45) is 9.40. The molecule has 1 fully saturated rings. The molecule has 1 aliphatic rings. The predicted octanol–water partition coefficient (Wildman–Crippen LogP) is 2.45. The number of aliphatic hydroxyl groups excluding tert-OH is 5. The minimum atomic E-state index is -5.10. The molecular formula is C31H57NO12S. The number of aliphatic hydroxyl groups is 5. The van der Waals surface area contributed by atoms with Gasteiger partial charge in [0.2, 0.25) is 5.91 Å². The summed E-state index contributed by atoms with van der Waals surface area (Å²) in [7, 11) is -5.10. The molecule has 8 atom stereocenters. The first-order valence-corrected chi connectivity index (χ1v) is 17.7. The Morgan fingerprint density at radius 3 is 2.18 bits per heavy atom. The van der Waals surface area contributed by atoms with Crippen LogP contribution >= 0.6 is 0 Å². The Morgan fingerprint density at radius 2 is 1.53 bits per heavy atom. The summed E-state index contributed by atoms with van der Waals surface area (Å²) < 4.78 is 46.8. The minimum absolute atomic E-state index is 0.0481. The fraction of sp³-hybridized carbons (Fsp3) is 0.839. The molecule has 264 valence electrons. The Hall–Kier alpha value is -1.46. The number of allylic oxidation sites excluding steroid dienone is 3. The van der Waals surface area contributed by atoms with Gasteiger partial charge in [0.05, 0.1) is 25.4 Å². The van der Waals surface area contributed by atoms with E-state index in [0.717, 1.165) is 32.1 Å². The van der Waals surface area contributed by atoms with Crippen LogP contribution in [0, 0.1) is 0 Å². The van der Waals surface area contributed by atoms with Gasteiger partial charge in [-0.2, -0.15) is 8.42 Å². The first-order chi connectivity index (χ1) is 21.4. The van der Waals surface area contributed by atoms with E-state index in [0.29, 0.717) is 19.3 Å². The number of nitrogens with one attached hydrogen (secondary N) is 1. The lowest BCUT2D eigenvalue weighted by Gasteiger charge is -2.41. The summed E-state index contributed by atoms with van der Waals surface area (Å²) in [4.78, 5) is 12.8. The molecule has 8 unspecified atom stereocenters. The summed E-state index contributed by atoms with van der Waals surface area (Å²) >= 11 is 0. The SMILES string of the molecule is CCCCCCCC/C=C\C/C=C\CC(O)C(=O)NC(COC1OC(CO)C(O)C(OS(=O)(=O)O)C1O)C(O)CCCCCC. The Labute approximate surface area is 268 Å². The third kappa shape index (κ3) is 17.9. The molecular weight excluding hydrogens is 610 g/mol. The van der Waals surface area contributed by atoms with Crippen LogP contribution in [-0.2, 0) is 28.9 Å². The molecule has 13 nitrogen and oxygen atoms in total. The van der Waals surface area contributed by atoms with Gasteiger partial charge in [-0.25, -0.2) is 4.18 Å². The van der Waals surface area contributed by atoms with E-state index in [2.05, 4.69) is 22.5 Å². The molecule has 0 aromatic heterocycles. The number of ether oxygens (including phenoxy) is 2. The summed E-state index contributed by atoms with van der Waals surface area (Å²) in [5, 5.41) is 54.1. The lowest BCUT2D eigenvalue weighted by Crippen LogP contribution is -2.61. The monoisotopic (exact) mass is 667 g/mol. The predicted molar refractivity (Wildman–Crippen MR) is 168 cm³/mol. The molecule has 7 N–H and O–H groups in total. The lowest BCUT2D eigenvalue weighted by molar-refractivity contribution is -0.298. The van der Waals surface area contributed by atoms with Crippen LogP contribution in [0.15, 0.2) is 24.3 Å². The second kappa shape index (κ2) is 23.8. The molecule has 0 aromatic carbocycles. The van der Waals surface area contributed by atoms with Crippen molar-refractivity contribution in [3.8, 4) is 0 Å². The summed E-state index contributed by atoms with van der Waals surface area (Å²) in [5.74, 6) is -0.749. The molecule has 1 aliphatic heterocycles. The van der Waals surface area contributed by atoms with Gasteiger partial charge >= 0.3 is 10.4 Å². The number of carbonyl (C=O) groups is 1. The molecule has 0 saturated carbocycles. The average Bonchev–Trinajstić information content (AvgIpc) is 3.00. The molecule has 45 heavy (non-hydrogen) atoms. The Balaban J connectivity index is 2.72. The van der Waals surface area contributed by atoms with Gasteiger partial charge < -0.3 is 40.3 Å². The van der Waals surface area contributed by atoms with Gasteiger partial charge in [0.1, 0.15) is 30.5 Å². The van der Waals surface area contributed by atoms with Gasteiger partial charge in [-0.3, -0.25) is 9.35 Å². The zero-order chi connectivity index (χ0) is 33.7. The van der Waals surface area contributed by atoms with Gasteiger partial charge in [-0.05, 0) is 25.7 Å².